The van der Waals surface area contributed by atoms with E-state index in [1.807, 2.05) is 41.8 Å². The van der Waals surface area contributed by atoms with E-state index in [0.29, 0.717) is 31.7 Å². The van der Waals surface area contributed by atoms with Gasteiger partial charge in [0.2, 0.25) is 5.91 Å². The second kappa shape index (κ2) is 9.60. The molecule has 168 valence electrons. The molecule has 32 heavy (non-hydrogen) atoms. The lowest BCUT2D eigenvalue weighted by Gasteiger charge is -2.34. The maximum atomic E-state index is 13.5. The van der Waals surface area contributed by atoms with E-state index in [2.05, 4.69) is 34.6 Å². The molecule has 1 unspecified atom stereocenters. The fourth-order valence-electron chi connectivity index (χ4n) is 4.22. The summed E-state index contributed by atoms with van der Waals surface area (Å²) in [5.74, 6) is -0.0640. The number of hydrogen-bond acceptors (Lipinski definition) is 6. The molecular weight excluding hydrogens is 424 g/mol. The van der Waals surface area contributed by atoms with Crippen molar-refractivity contribution in [3.63, 3.8) is 0 Å². The molecule has 1 saturated heterocycles. The van der Waals surface area contributed by atoms with E-state index in [-0.39, 0.29) is 17.7 Å². The minimum absolute atomic E-state index is 0.0634. The number of likely N-dealkylation sites (tertiary alicyclic amines) is 1. The van der Waals surface area contributed by atoms with Gasteiger partial charge in [0.15, 0.2) is 0 Å². The molecule has 0 aliphatic carbocycles. The molecule has 4 rings (SSSR count). The molecule has 2 amide bonds. The number of aromatic nitrogens is 4. The first kappa shape index (κ1) is 22.1. The average molecular weight is 453 g/mol. The van der Waals surface area contributed by atoms with Gasteiger partial charge in [-0.25, -0.2) is 4.68 Å². The number of tetrazole rings is 1. The maximum Gasteiger partial charge on any atom is 0.253 e. The van der Waals surface area contributed by atoms with Gasteiger partial charge in [-0.3, -0.25) is 9.59 Å². The van der Waals surface area contributed by atoms with E-state index in [4.69, 9.17) is 0 Å². The Morgan fingerprint density at radius 2 is 2.00 bits per heavy atom. The van der Waals surface area contributed by atoms with Gasteiger partial charge in [-0.15, -0.1) is 16.4 Å². The second-order valence-electron chi connectivity index (χ2n) is 8.03. The summed E-state index contributed by atoms with van der Waals surface area (Å²) in [7, 11) is 0. The minimum Gasteiger partial charge on any atom is -0.343 e. The fourth-order valence-corrected chi connectivity index (χ4v) is 5.07. The van der Waals surface area contributed by atoms with Crippen molar-refractivity contribution < 1.29 is 9.59 Å². The third-order valence-electron chi connectivity index (χ3n) is 5.94. The zero-order chi connectivity index (χ0) is 22.7. The normalized spacial score (nSPS) is 16.2. The van der Waals surface area contributed by atoms with Crippen molar-refractivity contribution in [3.05, 3.63) is 47.1 Å². The van der Waals surface area contributed by atoms with E-state index in [1.165, 1.54) is 11.2 Å². The SMILES string of the molecule is CCN(CC)C(=O)C1CCCN(C(=O)c2cc(-c3ccc(C)s3)cc(-n3cnnn3)c2)C1. The lowest BCUT2D eigenvalue weighted by atomic mass is 9.95. The Balaban J connectivity index is 1.64. The van der Waals surface area contributed by atoms with Crippen LogP contribution in [0.3, 0.4) is 0 Å². The molecule has 3 aromatic rings. The largest absolute Gasteiger partial charge is 0.343 e. The number of thiophene rings is 1. The number of hydrogen-bond donors (Lipinski definition) is 0. The lowest BCUT2D eigenvalue weighted by Crippen LogP contribution is -2.46. The molecule has 1 aromatic carbocycles. The summed E-state index contributed by atoms with van der Waals surface area (Å²) in [6.07, 6.45) is 3.17. The first-order valence-electron chi connectivity index (χ1n) is 11.0. The van der Waals surface area contributed by atoms with Gasteiger partial charge < -0.3 is 9.80 Å². The number of carbonyl (C=O) groups is 2. The highest BCUT2D eigenvalue weighted by atomic mass is 32.1. The first-order chi connectivity index (χ1) is 15.5. The summed E-state index contributed by atoms with van der Waals surface area (Å²) in [6.45, 7) is 8.54. The standard InChI is InChI=1S/C23H28N6O2S/c1-4-27(5-2)22(30)17-7-6-10-28(14-17)23(31)19-11-18(21-9-8-16(3)32-21)12-20(13-19)29-15-24-25-26-29/h8-9,11-13,15,17H,4-7,10,14H2,1-3H3. The molecular formula is C23H28N6O2S. The van der Waals surface area contributed by atoms with Crippen molar-refractivity contribution in [1.82, 2.24) is 30.0 Å². The molecule has 0 saturated carbocycles. The zero-order valence-corrected chi connectivity index (χ0v) is 19.5. The van der Waals surface area contributed by atoms with Crippen LogP contribution >= 0.6 is 11.3 Å². The predicted molar refractivity (Wildman–Crippen MR) is 124 cm³/mol. The number of rotatable bonds is 6. The highest BCUT2D eigenvalue weighted by Gasteiger charge is 2.31. The lowest BCUT2D eigenvalue weighted by molar-refractivity contribution is -0.136. The molecule has 3 heterocycles. The molecule has 0 N–H and O–H groups in total. The van der Waals surface area contributed by atoms with Crippen molar-refractivity contribution in [3.8, 4) is 16.1 Å². The molecule has 1 aliphatic heterocycles. The van der Waals surface area contributed by atoms with Crippen LogP contribution in [0.25, 0.3) is 16.1 Å². The summed E-state index contributed by atoms with van der Waals surface area (Å²) in [5.41, 5.74) is 2.26. The van der Waals surface area contributed by atoms with Gasteiger partial charge in [-0.05, 0) is 79.9 Å². The number of piperidine rings is 1. The smallest absolute Gasteiger partial charge is 0.253 e. The van der Waals surface area contributed by atoms with Gasteiger partial charge in [0, 0.05) is 41.5 Å². The van der Waals surface area contributed by atoms with Crippen molar-refractivity contribution >= 4 is 23.2 Å². The number of benzene rings is 1. The van der Waals surface area contributed by atoms with E-state index in [1.54, 1.807) is 16.0 Å². The molecule has 0 spiro atoms. The minimum atomic E-state index is -0.144. The molecule has 1 atom stereocenters. The second-order valence-corrected chi connectivity index (χ2v) is 9.32. The predicted octanol–water partition coefficient (Wildman–Crippen LogP) is 3.42. The number of nitrogens with zero attached hydrogens (tertiary/aromatic N) is 6. The maximum absolute atomic E-state index is 13.5. The Kier molecular flexibility index (Phi) is 6.64. The van der Waals surface area contributed by atoms with Gasteiger partial charge in [0.1, 0.15) is 6.33 Å². The van der Waals surface area contributed by atoms with Crippen LogP contribution in [-0.4, -0.2) is 68.0 Å². The Hall–Kier alpha value is -3.07. The number of aryl methyl sites for hydroxylation is 1. The van der Waals surface area contributed by atoms with Crippen molar-refractivity contribution in [2.75, 3.05) is 26.2 Å². The van der Waals surface area contributed by atoms with E-state index in [9.17, 15) is 9.59 Å². The Morgan fingerprint density at radius 1 is 1.19 bits per heavy atom. The van der Waals surface area contributed by atoms with Gasteiger partial charge in [-0.1, -0.05) is 0 Å². The average Bonchev–Trinajstić information content (AvgIpc) is 3.51. The summed E-state index contributed by atoms with van der Waals surface area (Å²) in [5, 5.41) is 11.5. The van der Waals surface area contributed by atoms with Crippen LogP contribution in [0.1, 0.15) is 41.9 Å². The summed E-state index contributed by atoms with van der Waals surface area (Å²) < 4.78 is 1.56. The van der Waals surface area contributed by atoms with Crippen LogP contribution in [0.5, 0.6) is 0 Å². The summed E-state index contributed by atoms with van der Waals surface area (Å²) in [6, 6.07) is 9.86. The molecule has 1 fully saturated rings. The molecule has 8 nitrogen and oxygen atoms in total. The van der Waals surface area contributed by atoms with Gasteiger partial charge in [-0.2, -0.15) is 0 Å². The van der Waals surface area contributed by atoms with Gasteiger partial charge >= 0.3 is 0 Å². The van der Waals surface area contributed by atoms with Gasteiger partial charge in [0.25, 0.3) is 5.91 Å². The number of carbonyl (C=O) groups excluding carboxylic acids is 2. The number of amides is 2. The van der Waals surface area contributed by atoms with Crippen LogP contribution in [0, 0.1) is 12.8 Å². The highest BCUT2D eigenvalue weighted by Crippen LogP contribution is 2.31. The topological polar surface area (TPSA) is 84.2 Å². The molecule has 0 bridgehead atoms. The van der Waals surface area contributed by atoms with E-state index < -0.39 is 0 Å². The van der Waals surface area contributed by atoms with Crippen molar-refractivity contribution in [2.24, 2.45) is 5.92 Å². The molecule has 2 aromatic heterocycles. The van der Waals surface area contributed by atoms with Crippen LogP contribution in [-0.2, 0) is 4.79 Å². The summed E-state index contributed by atoms with van der Waals surface area (Å²) >= 11 is 1.68. The van der Waals surface area contributed by atoms with Crippen LogP contribution in [0.15, 0.2) is 36.7 Å². The molecule has 1 aliphatic rings. The molecule has 0 radical (unpaired) electrons. The van der Waals surface area contributed by atoms with E-state index in [0.717, 1.165) is 29.0 Å². The highest BCUT2D eigenvalue weighted by molar-refractivity contribution is 7.15. The Labute approximate surface area is 191 Å². The Morgan fingerprint density at radius 3 is 2.66 bits per heavy atom. The van der Waals surface area contributed by atoms with Gasteiger partial charge in [0.05, 0.1) is 11.6 Å². The van der Waals surface area contributed by atoms with Crippen molar-refractivity contribution in [1.29, 1.82) is 0 Å². The zero-order valence-electron chi connectivity index (χ0n) is 18.7. The quantitative estimate of drug-likeness (QED) is 0.572. The third kappa shape index (κ3) is 4.57. The third-order valence-corrected chi connectivity index (χ3v) is 6.99. The molecule has 9 heteroatoms. The first-order valence-corrected chi connectivity index (χ1v) is 11.8. The van der Waals surface area contributed by atoms with Crippen LogP contribution in [0.4, 0.5) is 0 Å². The van der Waals surface area contributed by atoms with Crippen LogP contribution in [0.2, 0.25) is 0 Å². The van der Waals surface area contributed by atoms with Crippen molar-refractivity contribution in [2.45, 2.75) is 33.6 Å². The fraction of sp³-hybridized carbons (Fsp3) is 0.435. The Bertz CT molecular complexity index is 1090. The van der Waals surface area contributed by atoms with E-state index >= 15 is 0 Å². The van der Waals surface area contributed by atoms with Crippen LogP contribution < -0.4 is 0 Å². The monoisotopic (exact) mass is 452 g/mol. The summed E-state index contributed by atoms with van der Waals surface area (Å²) in [4.78, 5) is 32.4.